The third-order valence-electron chi connectivity index (χ3n) is 4.98. The third-order valence-corrected chi connectivity index (χ3v) is 4.98. The third kappa shape index (κ3) is 4.75. The predicted octanol–water partition coefficient (Wildman–Crippen LogP) is 2.86. The Morgan fingerprint density at radius 3 is 2.68 bits per heavy atom. The van der Waals surface area contributed by atoms with Crippen LogP contribution in [0, 0.1) is 0 Å². The molecule has 2 unspecified atom stereocenters. The molecule has 3 rings (SSSR count). The Labute approximate surface area is 166 Å². The number of carbonyl (C=O) groups is 1. The number of amides is 1. The average molecular weight is 384 g/mol. The van der Waals surface area contributed by atoms with Crippen molar-refractivity contribution in [3.63, 3.8) is 0 Å². The van der Waals surface area contributed by atoms with Crippen LogP contribution in [0.25, 0.3) is 0 Å². The van der Waals surface area contributed by atoms with Gasteiger partial charge in [-0.1, -0.05) is 37.3 Å². The van der Waals surface area contributed by atoms with Gasteiger partial charge in [-0.3, -0.25) is 9.69 Å². The molecule has 28 heavy (non-hydrogen) atoms. The first-order valence-electron chi connectivity index (χ1n) is 9.64. The molecule has 0 bridgehead atoms. The summed E-state index contributed by atoms with van der Waals surface area (Å²) in [6.07, 6.45) is -0.112. The van der Waals surface area contributed by atoms with Gasteiger partial charge in [0.2, 0.25) is 5.91 Å². The number of benzene rings is 2. The summed E-state index contributed by atoms with van der Waals surface area (Å²) in [6.45, 7) is 6.23. The molecule has 0 aliphatic carbocycles. The number of ether oxygens (including phenoxy) is 3. The van der Waals surface area contributed by atoms with Gasteiger partial charge in [0.1, 0.15) is 18.5 Å². The highest BCUT2D eigenvalue weighted by molar-refractivity contribution is 5.81. The first kappa shape index (κ1) is 20.0. The van der Waals surface area contributed by atoms with Crippen LogP contribution in [0.4, 0.5) is 0 Å². The molecule has 6 nitrogen and oxygen atoms in total. The Morgan fingerprint density at radius 2 is 1.93 bits per heavy atom. The molecular formula is C22H28N2O4. The van der Waals surface area contributed by atoms with Crippen LogP contribution in [0.15, 0.2) is 48.5 Å². The summed E-state index contributed by atoms with van der Waals surface area (Å²) >= 11 is 0. The lowest BCUT2D eigenvalue weighted by molar-refractivity contribution is -0.126. The number of fused-ring (bicyclic) bond motifs is 1. The van der Waals surface area contributed by atoms with Gasteiger partial charge in [-0.25, -0.2) is 0 Å². The fourth-order valence-corrected chi connectivity index (χ4v) is 3.32. The summed E-state index contributed by atoms with van der Waals surface area (Å²) in [5, 5.41) is 3.01. The number of methoxy groups -OCH3 is 1. The van der Waals surface area contributed by atoms with Crippen LogP contribution in [0.5, 0.6) is 17.2 Å². The second kappa shape index (κ2) is 9.46. The topological polar surface area (TPSA) is 60.0 Å². The second-order valence-electron chi connectivity index (χ2n) is 6.79. The van der Waals surface area contributed by atoms with Gasteiger partial charge < -0.3 is 19.5 Å². The van der Waals surface area contributed by atoms with E-state index in [4.69, 9.17) is 14.2 Å². The van der Waals surface area contributed by atoms with E-state index in [2.05, 4.69) is 10.2 Å². The Morgan fingerprint density at radius 1 is 1.21 bits per heavy atom. The lowest BCUT2D eigenvalue weighted by atomic mass is 10.1. The highest BCUT2D eigenvalue weighted by Gasteiger charge is 2.27. The predicted molar refractivity (Wildman–Crippen MR) is 108 cm³/mol. The average Bonchev–Trinajstić information content (AvgIpc) is 2.75. The van der Waals surface area contributed by atoms with E-state index in [1.54, 1.807) is 7.11 Å². The number of para-hydroxylation sites is 3. The van der Waals surface area contributed by atoms with E-state index in [-0.39, 0.29) is 18.1 Å². The maximum Gasteiger partial charge on any atom is 0.237 e. The van der Waals surface area contributed by atoms with Gasteiger partial charge >= 0.3 is 0 Å². The Balaban J connectivity index is 1.55. The van der Waals surface area contributed by atoms with E-state index < -0.39 is 0 Å². The van der Waals surface area contributed by atoms with Gasteiger partial charge in [-0.05, 0) is 31.7 Å². The largest absolute Gasteiger partial charge is 0.496 e. The van der Waals surface area contributed by atoms with Gasteiger partial charge in [0, 0.05) is 18.7 Å². The van der Waals surface area contributed by atoms with Crippen molar-refractivity contribution in [1.82, 2.24) is 10.2 Å². The zero-order valence-electron chi connectivity index (χ0n) is 16.7. The lowest BCUT2D eigenvalue weighted by Crippen LogP contribution is -2.50. The summed E-state index contributed by atoms with van der Waals surface area (Å²) in [7, 11) is 1.63. The van der Waals surface area contributed by atoms with Crippen LogP contribution in [-0.2, 0) is 11.3 Å². The first-order chi connectivity index (χ1) is 13.6. The molecule has 0 saturated carbocycles. The van der Waals surface area contributed by atoms with E-state index in [1.807, 2.05) is 62.4 Å². The van der Waals surface area contributed by atoms with Crippen molar-refractivity contribution in [3.8, 4) is 17.2 Å². The van der Waals surface area contributed by atoms with E-state index in [0.717, 1.165) is 29.4 Å². The van der Waals surface area contributed by atoms with Crippen LogP contribution < -0.4 is 19.5 Å². The number of carbonyl (C=O) groups excluding carboxylic acids is 1. The molecule has 2 atom stereocenters. The number of hydrogen-bond acceptors (Lipinski definition) is 5. The van der Waals surface area contributed by atoms with E-state index in [9.17, 15) is 4.79 Å². The highest BCUT2D eigenvalue weighted by atomic mass is 16.6. The number of nitrogens with zero attached hydrogens (tertiary/aromatic N) is 1. The smallest absolute Gasteiger partial charge is 0.237 e. The molecule has 0 aromatic heterocycles. The van der Waals surface area contributed by atoms with E-state index in [0.29, 0.717) is 19.7 Å². The van der Waals surface area contributed by atoms with Gasteiger partial charge in [-0.15, -0.1) is 0 Å². The SMILES string of the molecule is CCN(CC1COc2ccccc2O1)C(C)C(=O)NCc1ccccc1OC. The van der Waals surface area contributed by atoms with Gasteiger partial charge in [0.05, 0.1) is 13.2 Å². The molecule has 1 heterocycles. The fraction of sp³-hybridized carbons (Fsp3) is 0.409. The molecule has 2 aromatic carbocycles. The molecule has 150 valence electrons. The maximum absolute atomic E-state index is 12.7. The zero-order chi connectivity index (χ0) is 19.9. The number of nitrogens with one attached hydrogen (secondary N) is 1. The standard InChI is InChI=1S/C22H28N2O4/c1-4-24(14-18-15-27-20-11-7-8-12-21(20)28-18)16(2)22(25)23-13-17-9-5-6-10-19(17)26-3/h5-12,16,18H,4,13-15H2,1-3H3,(H,23,25). The van der Waals surface area contributed by atoms with Crippen molar-refractivity contribution in [2.45, 2.75) is 32.5 Å². The van der Waals surface area contributed by atoms with Gasteiger partial charge in [0.25, 0.3) is 0 Å². The molecule has 2 aromatic rings. The second-order valence-corrected chi connectivity index (χ2v) is 6.79. The molecule has 1 N–H and O–H groups in total. The van der Waals surface area contributed by atoms with Crippen LogP contribution in [-0.4, -0.2) is 49.8 Å². The van der Waals surface area contributed by atoms with Crippen molar-refractivity contribution >= 4 is 5.91 Å². The van der Waals surface area contributed by atoms with Crippen molar-refractivity contribution in [2.75, 3.05) is 26.8 Å². The van der Waals surface area contributed by atoms with Gasteiger partial charge in [0.15, 0.2) is 11.5 Å². The molecule has 0 radical (unpaired) electrons. The zero-order valence-corrected chi connectivity index (χ0v) is 16.7. The molecule has 1 aliphatic heterocycles. The van der Waals surface area contributed by atoms with Crippen molar-refractivity contribution in [2.24, 2.45) is 0 Å². The molecule has 0 spiro atoms. The minimum Gasteiger partial charge on any atom is -0.496 e. The number of rotatable bonds is 8. The minimum absolute atomic E-state index is 0.0233. The van der Waals surface area contributed by atoms with Gasteiger partial charge in [-0.2, -0.15) is 0 Å². The quantitative estimate of drug-likeness (QED) is 0.758. The van der Waals surface area contributed by atoms with Crippen molar-refractivity contribution in [3.05, 3.63) is 54.1 Å². The van der Waals surface area contributed by atoms with E-state index >= 15 is 0 Å². The fourth-order valence-electron chi connectivity index (χ4n) is 3.32. The lowest BCUT2D eigenvalue weighted by Gasteiger charge is -2.33. The summed E-state index contributed by atoms with van der Waals surface area (Å²) < 4.78 is 17.2. The summed E-state index contributed by atoms with van der Waals surface area (Å²) in [5.74, 6) is 2.27. The summed E-state index contributed by atoms with van der Waals surface area (Å²) in [6, 6.07) is 15.1. The number of hydrogen-bond donors (Lipinski definition) is 1. The molecule has 1 aliphatic rings. The maximum atomic E-state index is 12.7. The van der Waals surface area contributed by atoms with Crippen LogP contribution in [0.3, 0.4) is 0 Å². The van der Waals surface area contributed by atoms with Crippen molar-refractivity contribution < 1.29 is 19.0 Å². The highest BCUT2D eigenvalue weighted by Crippen LogP contribution is 2.31. The van der Waals surface area contributed by atoms with Crippen molar-refractivity contribution in [1.29, 1.82) is 0 Å². The Hall–Kier alpha value is -2.73. The molecule has 1 amide bonds. The molecule has 0 fully saturated rings. The Kier molecular flexibility index (Phi) is 6.76. The number of likely N-dealkylation sites (N-methyl/N-ethyl adjacent to an activating group) is 1. The summed E-state index contributed by atoms with van der Waals surface area (Å²) in [5.41, 5.74) is 0.953. The normalized spacial score (nSPS) is 16.5. The van der Waals surface area contributed by atoms with Crippen LogP contribution in [0.2, 0.25) is 0 Å². The summed E-state index contributed by atoms with van der Waals surface area (Å²) in [4.78, 5) is 14.8. The molecular weight excluding hydrogens is 356 g/mol. The van der Waals surface area contributed by atoms with E-state index in [1.165, 1.54) is 0 Å². The minimum atomic E-state index is -0.277. The van der Waals surface area contributed by atoms with Crippen LogP contribution in [0.1, 0.15) is 19.4 Å². The monoisotopic (exact) mass is 384 g/mol. The first-order valence-corrected chi connectivity index (χ1v) is 9.64. The Bertz CT molecular complexity index is 796. The molecule has 6 heteroatoms. The molecule has 0 saturated heterocycles. The van der Waals surface area contributed by atoms with Crippen LogP contribution >= 0.6 is 0 Å².